The average Bonchev–Trinajstić information content (AvgIpc) is 2.65. The van der Waals surface area contributed by atoms with Gasteiger partial charge in [-0.2, -0.15) is 0 Å². The van der Waals surface area contributed by atoms with Gasteiger partial charge in [0.2, 0.25) is 0 Å². The van der Waals surface area contributed by atoms with E-state index >= 15 is 0 Å². The van der Waals surface area contributed by atoms with E-state index < -0.39 is 5.91 Å². The summed E-state index contributed by atoms with van der Waals surface area (Å²) in [6, 6.07) is 1.77. The molecule has 1 heterocycles. The van der Waals surface area contributed by atoms with Crippen LogP contribution in [-0.2, 0) is 11.3 Å². The molecule has 0 fully saturated rings. The molecule has 1 amide bonds. The summed E-state index contributed by atoms with van der Waals surface area (Å²) in [6.07, 6.45) is 0.815. The Hall–Kier alpha value is -1.59. The van der Waals surface area contributed by atoms with E-state index in [1.165, 1.54) is 0 Å². The fourth-order valence-electron chi connectivity index (χ4n) is 1.33. The number of hydrazine groups is 1. The van der Waals surface area contributed by atoms with Crippen LogP contribution in [0, 0.1) is 6.92 Å². The van der Waals surface area contributed by atoms with Crippen LogP contribution in [-0.4, -0.2) is 12.5 Å². The first-order valence-corrected chi connectivity index (χ1v) is 5.37. The number of furan rings is 1. The molecule has 0 bridgehead atoms. The van der Waals surface area contributed by atoms with Gasteiger partial charge in [-0.1, -0.05) is 5.57 Å². The van der Waals surface area contributed by atoms with E-state index in [-0.39, 0.29) is 5.76 Å². The smallest absolute Gasteiger partial charge is 0.301 e. The third kappa shape index (κ3) is 4.05. The van der Waals surface area contributed by atoms with E-state index in [9.17, 15) is 4.79 Å². The zero-order valence-electron chi connectivity index (χ0n) is 10.2. The van der Waals surface area contributed by atoms with E-state index in [0.717, 1.165) is 17.6 Å². The number of nitrogen functional groups attached to an aromatic ring is 1. The van der Waals surface area contributed by atoms with Crippen LogP contribution in [0.1, 0.15) is 35.2 Å². The predicted octanol–water partition coefficient (Wildman–Crippen LogP) is 1.67. The largest absolute Gasteiger partial charge is 0.453 e. The summed E-state index contributed by atoms with van der Waals surface area (Å²) in [5.74, 6) is 5.44. The first-order chi connectivity index (χ1) is 8.04. The van der Waals surface area contributed by atoms with Crippen molar-refractivity contribution in [2.45, 2.75) is 26.9 Å². The molecule has 94 valence electrons. The number of amides is 1. The van der Waals surface area contributed by atoms with Crippen molar-refractivity contribution in [3.8, 4) is 0 Å². The highest BCUT2D eigenvalue weighted by Gasteiger charge is 2.14. The van der Waals surface area contributed by atoms with Gasteiger partial charge >= 0.3 is 5.91 Å². The van der Waals surface area contributed by atoms with Gasteiger partial charge < -0.3 is 9.15 Å². The monoisotopic (exact) mass is 238 g/mol. The van der Waals surface area contributed by atoms with Crippen molar-refractivity contribution < 1.29 is 13.9 Å². The molecule has 0 saturated carbocycles. The highest BCUT2D eigenvalue weighted by molar-refractivity contribution is 5.92. The van der Waals surface area contributed by atoms with Crippen LogP contribution < -0.4 is 11.3 Å². The van der Waals surface area contributed by atoms with Crippen LogP contribution in [0.5, 0.6) is 0 Å². The average molecular weight is 238 g/mol. The van der Waals surface area contributed by atoms with E-state index in [4.69, 9.17) is 15.0 Å². The maximum atomic E-state index is 11.3. The van der Waals surface area contributed by atoms with E-state index in [2.05, 4.69) is 6.58 Å². The van der Waals surface area contributed by atoms with Gasteiger partial charge in [-0.15, -0.1) is 6.58 Å². The lowest BCUT2D eigenvalue weighted by Gasteiger charge is -2.01. The van der Waals surface area contributed by atoms with Crippen LogP contribution in [0.15, 0.2) is 22.6 Å². The summed E-state index contributed by atoms with van der Waals surface area (Å²) < 4.78 is 10.7. The molecule has 0 saturated heterocycles. The molecule has 0 unspecified atom stereocenters. The lowest BCUT2D eigenvalue weighted by atomic mass is 10.2. The molecule has 0 radical (unpaired) electrons. The summed E-state index contributed by atoms with van der Waals surface area (Å²) >= 11 is 0. The predicted molar refractivity (Wildman–Crippen MR) is 64.2 cm³/mol. The van der Waals surface area contributed by atoms with Crippen LogP contribution in [0.25, 0.3) is 0 Å². The first kappa shape index (κ1) is 13.5. The SMILES string of the molecule is C=C(C)CCOCc1cc(C)c(C(=O)NN)o1. The first-order valence-electron chi connectivity index (χ1n) is 5.37. The Morgan fingerprint density at radius 1 is 1.65 bits per heavy atom. The third-order valence-electron chi connectivity index (χ3n) is 2.22. The molecular formula is C12H18N2O3. The van der Waals surface area contributed by atoms with Gasteiger partial charge in [0.05, 0.1) is 6.61 Å². The minimum atomic E-state index is -0.435. The Balaban J connectivity index is 2.50. The molecule has 0 spiro atoms. The zero-order chi connectivity index (χ0) is 12.8. The molecule has 0 aliphatic rings. The number of carbonyl (C=O) groups excluding carboxylic acids is 1. The number of carbonyl (C=O) groups is 1. The standard InChI is InChI=1S/C12H18N2O3/c1-8(2)4-5-16-7-10-6-9(3)11(17-10)12(15)14-13/h6H,1,4-5,7,13H2,2-3H3,(H,14,15). The van der Waals surface area contributed by atoms with Crippen LogP contribution in [0.3, 0.4) is 0 Å². The molecule has 5 nitrogen and oxygen atoms in total. The molecule has 0 atom stereocenters. The van der Waals surface area contributed by atoms with Crippen molar-refractivity contribution >= 4 is 5.91 Å². The van der Waals surface area contributed by atoms with E-state index in [1.807, 2.05) is 12.3 Å². The Kier molecular flexibility index (Phi) is 4.93. The second-order valence-electron chi connectivity index (χ2n) is 3.96. The summed E-state index contributed by atoms with van der Waals surface area (Å²) in [4.78, 5) is 11.3. The molecule has 1 rings (SSSR count). The molecule has 17 heavy (non-hydrogen) atoms. The molecule has 0 aliphatic heterocycles. The van der Waals surface area contributed by atoms with Gasteiger partial charge in [0, 0.05) is 5.56 Å². The van der Waals surface area contributed by atoms with Gasteiger partial charge in [0.15, 0.2) is 5.76 Å². The highest BCUT2D eigenvalue weighted by Crippen LogP contribution is 2.15. The lowest BCUT2D eigenvalue weighted by molar-refractivity contribution is 0.0897. The van der Waals surface area contributed by atoms with Gasteiger partial charge in [-0.3, -0.25) is 10.2 Å². The molecule has 1 aromatic heterocycles. The van der Waals surface area contributed by atoms with Crippen molar-refractivity contribution in [1.29, 1.82) is 0 Å². The fourth-order valence-corrected chi connectivity index (χ4v) is 1.33. The number of nitrogens with one attached hydrogen (secondary N) is 1. The second-order valence-corrected chi connectivity index (χ2v) is 3.96. The Labute approximate surface area is 101 Å². The highest BCUT2D eigenvalue weighted by atomic mass is 16.5. The molecule has 3 N–H and O–H groups in total. The molecule has 1 aromatic rings. The van der Waals surface area contributed by atoms with Crippen molar-refractivity contribution in [2.24, 2.45) is 5.84 Å². The molecule has 5 heteroatoms. The van der Waals surface area contributed by atoms with Crippen molar-refractivity contribution in [3.63, 3.8) is 0 Å². The lowest BCUT2D eigenvalue weighted by Crippen LogP contribution is -2.30. The summed E-state index contributed by atoms with van der Waals surface area (Å²) in [6.45, 7) is 8.44. The van der Waals surface area contributed by atoms with Gasteiger partial charge in [-0.05, 0) is 26.3 Å². The Morgan fingerprint density at radius 2 is 2.35 bits per heavy atom. The second kappa shape index (κ2) is 6.22. The Morgan fingerprint density at radius 3 is 2.94 bits per heavy atom. The maximum absolute atomic E-state index is 11.3. The fraction of sp³-hybridized carbons (Fsp3) is 0.417. The summed E-state index contributed by atoms with van der Waals surface area (Å²) in [7, 11) is 0. The van der Waals surface area contributed by atoms with Gasteiger partial charge in [0.25, 0.3) is 0 Å². The van der Waals surface area contributed by atoms with E-state index in [1.54, 1.807) is 13.0 Å². The summed E-state index contributed by atoms with van der Waals surface area (Å²) in [5, 5.41) is 0. The normalized spacial score (nSPS) is 10.3. The third-order valence-corrected chi connectivity index (χ3v) is 2.22. The zero-order valence-corrected chi connectivity index (χ0v) is 10.2. The van der Waals surface area contributed by atoms with Crippen LogP contribution in [0.4, 0.5) is 0 Å². The molecule has 0 aliphatic carbocycles. The minimum absolute atomic E-state index is 0.228. The maximum Gasteiger partial charge on any atom is 0.301 e. The topological polar surface area (TPSA) is 77.5 Å². The molecular weight excluding hydrogens is 220 g/mol. The van der Waals surface area contributed by atoms with Crippen molar-refractivity contribution in [3.05, 3.63) is 35.3 Å². The van der Waals surface area contributed by atoms with Crippen LogP contribution in [0.2, 0.25) is 0 Å². The summed E-state index contributed by atoms with van der Waals surface area (Å²) in [5.41, 5.74) is 3.85. The number of aryl methyl sites for hydroxylation is 1. The number of nitrogens with two attached hydrogens (primary N) is 1. The van der Waals surface area contributed by atoms with Crippen molar-refractivity contribution in [2.75, 3.05) is 6.61 Å². The Bertz CT molecular complexity index is 410. The number of rotatable bonds is 6. The van der Waals surface area contributed by atoms with Crippen molar-refractivity contribution in [1.82, 2.24) is 5.43 Å². The quantitative estimate of drug-likeness (QED) is 0.260. The number of hydrogen-bond donors (Lipinski definition) is 2. The number of ether oxygens (including phenoxy) is 1. The van der Waals surface area contributed by atoms with Crippen LogP contribution >= 0.6 is 0 Å². The minimum Gasteiger partial charge on any atom is -0.453 e. The number of hydrogen-bond acceptors (Lipinski definition) is 4. The van der Waals surface area contributed by atoms with Gasteiger partial charge in [0.1, 0.15) is 12.4 Å². The van der Waals surface area contributed by atoms with Gasteiger partial charge in [-0.25, -0.2) is 5.84 Å². The molecule has 0 aromatic carbocycles. The van der Waals surface area contributed by atoms with E-state index in [0.29, 0.717) is 19.0 Å².